The monoisotopic (exact) mass is 341 g/mol. The molecule has 1 N–H and O–H groups in total. The number of nitrogens with one attached hydrogen (secondary N) is 1. The molecule has 2 rings (SSSR count). The van der Waals surface area contributed by atoms with Crippen LogP contribution in [0, 0.1) is 11.8 Å². The van der Waals surface area contributed by atoms with Crippen molar-refractivity contribution in [3.63, 3.8) is 0 Å². The van der Waals surface area contributed by atoms with E-state index in [0.29, 0.717) is 6.04 Å². The summed E-state index contributed by atoms with van der Waals surface area (Å²) >= 11 is 3.71. The Morgan fingerprint density at radius 2 is 2.05 bits per heavy atom. The number of hydrogen-bond donors (Lipinski definition) is 1. The molecule has 2 unspecified atom stereocenters. The van der Waals surface area contributed by atoms with Crippen molar-refractivity contribution >= 4 is 15.9 Å². The summed E-state index contributed by atoms with van der Waals surface area (Å²) in [7, 11) is 2.04. The van der Waals surface area contributed by atoms with Gasteiger partial charge in [0.1, 0.15) is 0 Å². The Hall–Kier alpha value is -0.350. The van der Waals surface area contributed by atoms with Crippen molar-refractivity contribution in [3.05, 3.63) is 15.9 Å². The maximum absolute atomic E-state index is 4.58. The van der Waals surface area contributed by atoms with Crippen molar-refractivity contribution in [2.45, 2.75) is 65.5 Å². The summed E-state index contributed by atoms with van der Waals surface area (Å²) in [5, 5.41) is 8.37. The van der Waals surface area contributed by atoms with Crippen LogP contribution in [0.4, 0.5) is 0 Å². The van der Waals surface area contributed by atoms with Gasteiger partial charge in [0.25, 0.3) is 0 Å². The SMILES string of the molecule is CCc1nn(C)c(CNC2CCCCC2C(C)C)c1Br. The van der Waals surface area contributed by atoms with Crippen molar-refractivity contribution in [1.82, 2.24) is 15.1 Å². The summed E-state index contributed by atoms with van der Waals surface area (Å²) in [6.45, 7) is 7.79. The zero-order valence-electron chi connectivity index (χ0n) is 13.2. The van der Waals surface area contributed by atoms with E-state index < -0.39 is 0 Å². The number of aromatic nitrogens is 2. The lowest BCUT2D eigenvalue weighted by atomic mass is 9.78. The van der Waals surface area contributed by atoms with E-state index in [1.165, 1.54) is 35.8 Å². The summed E-state index contributed by atoms with van der Waals surface area (Å²) in [4.78, 5) is 0. The first-order chi connectivity index (χ1) is 9.54. The van der Waals surface area contributed by atoms with E-state index >= 15 is 0 Å². The zero-order valence-corrected chi connectivity index (χ0v) is 14.8. The minimum atomic E-state index is 0.663. The minimum Gasteiger partial charge on any atom is -0.308 e. The van der Waals surface area contributed by atoms with Gasteiger partial charge in [0.15, 0.2) is 0 Å². The third-order valence-corrected chi connectivity index (χ3v) is 5.63. The first-order valence-corrected chi connectivity index (χ1v) is 8.77. The summed E-state index contributed by atoms with van der Waals surface area (Å²) < 4.78 is 3.20. The average Bonchev–Trinajstić information content (AvgIpc) is 2.71. The van der Waals surface area contributed by atoms with Crippen LogP contribution in [0.5, 0.6) is 0 Å². The topological polar surface area (TPSA) is 29.9 Å². The quantitative estimate of drug-likeness (QED) is 0.875. The molecule has 1 aromatic heterocycles. The van der Waals surface area contributed by atoms with Crippen molar-refractivity contribution in [2.75, 3.05) is 0 Å². The van der Waals surface area contributed by atoms with Crippen LogP contribution in [-0.2, 0) is 20.0 Å². The van der Waals surface area contributed by atoms with Gasteiger partial charge in [-0.25, -0.2) is 0 Å². The summed E-state index contributed by atoms with van der Waals surface area (Å²) in [6, 6.07) is 0.663. The molecule has 0 aromatic carbocycles. The van der Waals surface area contributed by atoms with E-state index in [9.17, 15) is 0 Å². The fraction of sp³-hybridized carbons (Fsp3) is 0.812. The van der Waals surface area contributed by atoms with Crippen LogP contribution in [-0.4, -0.2) is 15.8 Å². The lowest BCUT2D eigenvalue weighted by Gasteiger charge is -2.35. The van der Waals surface area contributed by atoms with Gasteiger partial charge in [-0.3, -0.25) is 4.68 Å². The first-order valence-electron chi connectivity index (χ1n) is 7.98. The highest BCUT2D eigenvalue weighted by Crippen LogP contribution is 2.31. The first kappa shape index (κ1) is 16.0. The van der Waals surface area contributed by atoms with E-state index in [1.807, 2.05) is 11.7 Å². The van der Waals surface area contributed by atoms with Crippen molar-refractivity contribution in [1.29, 1.82) is 0 Å². The fourth-order valence-electron chi connectivity index (χ4n) is 3.45. The average molecular weight is 342 g/mol. The maximum Gasteiger partial charge on any atom is 0.0767 e. The molecule has 20 heavy (non-hydrogen) atoms. The van der Waals surface area contributed by atoms with Crippen molar-refractivity contribution in [3.8, 4) is 0 Å². The smallest absolute Gasteiger partial charge is 0.0767 e. The Morgan fingerprint density at radius 1 is 1.35 bits per heavy atom. The second-order valence-electron chi connectivity index (χ2n) is 6.36. The highest BCUT2D eigenvalue weighted by Gasteiger charge is 2.27. The second kappa shape index (κ2) is 7.08. The third kappa shape index (κ3) is 3.45. The van der Waals surface area contributed by atoms with Crippen LogP contribution in [0.15, 0.2) is 4.47 Å². The summed E-state index contributed by atoms with van der Waals surface area (Å²) in [5.41, 5.74) is 2.43. The van der Waals surface area contributed by atoms with Gasteiger partial charge in [-0.05, 0) is 47.0 Å². The molecule has 1 saturated carbocycles. The molecule has 0 radical (unpaired) electrons. The Kier molecular flexibility index (Phi) is 5.67. The van der Waals surface area contributed by atoms with Gasteiger partial charge < -0.3 is 5.32 Å². The highest BCUT2D eigenvalue weighted by molar-refractivity contribution is 9.10. The predicted octanol–water partition coefficient (Wildman–Crippen LogP) is 4.05. The van der Waals surface area contributed by atoms with Gasteiger partial charge in [0.05, 0.1) is 15.9 Å². The molecule has 3 nitrogen and oxygen atoms in total. The molecule has 0 aliphatic heterocycles. The number of rotatable bonds is 5. The number of aryl methyl sites for hydroxylation is 2. The Bertz CT molecular complexity index is 439. The van der Waals surface area contributed by atoms with Crippen LogP contribution < -0.4 is 5.32 Å². The molecular weight excluding hydrogens is 314 g/mol. The molecule has 1 heterocycles. The summed E-state index contributed by atoms with van der Waals surface area (Å²) in [5.74, 6) is 1.59. The molecular formula is C16H28BrN3. The minimum absolute atomic E-state index is 0.663. The molecule has 4 heteroatoms. The van der Waals surface area contributed by atoms with Crippen LogP contribution >= 0.6 is 15.9 Å². The molecule has 1 fully saturated rings. The van der Waals surface area contributed by atoms with E-state index in [4.69, 9.17) is 0 Å². The van der Waals surface area contributed by atoms with Gasteiger partial charge in [-0.15, -0.1) is 0 Å². The van der Waals surface area contributed by atoms with Crippen LogP contribution in [0.2, 0.25) is 0 Å². The van der Waals surface area contributed by atoms with Crippen LogP contribution in [0.3, 0.4) is 0 Å². The Morgan fingerprint density at radius 3 is 2.65 bits per heavy atom. The second-order valence-corrected chi connectivity index (χ2v) is 7.16. The van der Waals surface area contributed by atoms with Crippen molar-refractivity contribution < 1.29 is 0 Å². The molecule has 1 aliphatic carbocycles. The highest BCUT2D eigenvalue weighted by atomic mass is 79.9. The predicted molar refractivity (Wildman–Crippen MR) is 87.7 cm³/mol. The lowest BCUT2D eigenvalue weighted by Crippen LogP contribution is -2.40. The van der Waals surface area contributed by atoms with Gasteiger partial charge >= 0.3 is 0 Å². The van der Waals surface area contributed by atoms with E-state index in [1.54, 1.807) is 0 Å². The van der Waals surface area contributed by atoms with Crippen LogP contribution in [0.1, 0.15) is 57.8 Å². The lowest BCUT2D eigenvalue weighted by molar-refractivity contribution is 0.203. The molecule has 0 spiro atoms. The van der Waals surface area contributed by atoms with E-state index in [-0.39, 0.29) is 0 Å². The van der Waals surface area contributed by atoms with E-state index in [2.05, 4.69) is 47.1 Å². The van der Waals surface area contributed by atoms with Gasteiger partial charge in [0.2, 0.25) is 0 Å². The van der Waals surface area contributed by atoms with Crippen LogP contribution in [0.25, 0.3) is 0 Å². The van der Waals surface area contributed by atoms with E-state index in [0.717, 1.165) is 30.5 Å². The van der Waals surface area contributed by atoms with Gasteiger partial charge in [0, 0.05) is 19.6 Å². The Labute approximate surface area is 131 Å². The number of hydrogen-bond acceptors (Lipinski definition) is 2. The molecule has 1 aromatic rings. The molecule has 0 saturated heterocycles. The van der Waals surface area contributed by atoms with Gasteiger partial charge in [-0.2, -0.15) is 5.10 Å². The third-order valence-electron chi connectivity index (χ3n) is 4.71. The zero-order chi connectivity index (χ0) is 14.7. The molecule has 0 bridgehead atoms. The maximum atomic E-state index is 4.58. The number of halogens is 1. The largest absolute Gasteiger partial charge is 0.308 e. The Balaban J connectivity index is 2.02. The fourth-order valence-corrected chi connectivity index (χ4v) is 4.21. The standard InChI is InChI=1S/C16H28BrN3/c1-5-13-16(17)15(20(4)19-13)10-18-14-9-7-6-8-12(14)11(2)3/h11-12,14,18H,5-10H2,1-4H3. The van der Waals surface area contributed by atoms with Crippen molar-refractivity contribution in [2.24, 2.45) is 18.9 Å². The molecule has 1 aliphatic rings. The summed E-state index contributed by atoms with van der Waals surface area (Å²) in [6.07, 6.45) is 6.44. The van der Waals surface area contributed by atoms with Gasteiger partial charge in [-0.1, -0.05) is 33.6 Å². The molecule has 0 amide bonds. The molecule has 2 atom stereocenters. The normalized spacial score (nSPS) is 23.5. The number of nitrogens with zero attached hydrogens (tertiary/aromatic N) is 2. The molecule has 114 valence electrons.